The van der Waals surface area contributed by atoms with Gasteiger partial charge in [0.2, 0.25) is 6.41 Å². The molecule has 0 aromatic heterocycles. The predicted molar refractivity (Wildman–Crippen MR) is 37.3 cm³/mol. The van der Waals surface area contributed by atoms with E-state index in [9.17, 15) is 4.79 Å². The van der Waals surface area contributed by atoms with Crippen molar-refractivity contribution < 1.29 is 9.53 Å². The van der Waals surface area contributed by atoms with Crippen LogP contribution in [0.1, 0.15) is 6.42 Å². The molecule has 0 spiro atoms. The van der Waals surface area contributed by atoms with Crippen molar-refractivity contribution in [1.29, 1.82) is 0 Å². The second-order valence-corrected chi connectivity index (χ2v) is 2.35. The van der Waals surface area contributed by atoms with Crippen molar-refractivity contribution in [3.63, 3.8) is 0 Å². The molecule has 0 aromatic carbocycles. The lowest BCUT2D eigenvalue weighted by Gasteiger charge is -2.10. The Labute approximate surface area is 64.2 Å². The number of carbonyl (C=O) groups is 1. The van der Waals surface area contributed by atoms with Crippen LogP contribution in [0.5, 0.6) is 0 Å². The summed E-state index contributed by atoms with van der Waals surface area (Å²) in [6.07, 6.45) is 2.92. The molecule has 0 aliphatic carbocycles. The SMILES string of the molecule is O=CN1CCCOC=C1Cl. The molecule has 0 N–H and O–H groups in total. The first-order chi connectivity index (χ1) is 4.84. The Bertz CT molecular complexity index is 158. The molecule has 0 saturated heterocycles. The summed E-state index contributed by atoms with van der Waals surface area (Å²) in [5, 5.41) is 0.354. The largest absolute Gasteiger partial charge is 0.498 e. The fraction of sp³-hybridized carbons (Fsp3) is 0.500. The maximum absolute atomic E-state index is 10.3. The highest BCUT2D eigenvalue weighted by Gasteiger charge is 2.08. The van der Waals surface area contributed by atoms with Crippen LogP contribution in [-0.2, 0) is 9.53 Å². The van der Waals surface area contributed by atoms with Crippen LogP contribution >= 0.6 is 11.6 Å². The van der Waals surface area contributed by atoms with Gasteiger partial charge in [-0.2, -0.15) is 0 Å². The molecule has 0 unspecified atom stereocenters. The van der Waals surface area contributed by atoms with Crippen LogP contribution in [0.4, 0.5) is 0 Å². The zero-order chi connectivity index (χ0) is 7.40. The summed E-state index contributed by atoms with van der Waals surface area (Å²) in [6.45, 7) is 1.26. The van der Waals surface area contributed by atoms with Gasteiger partial charge in [-0.15, -0.1) is 0 Å². The van der Waals surface area contributed by atoms with Gasteiger partial charge in [0.25, 0.3) is 0 Å². The van der Waals surface area contributed by atoms with Gasteiger partial charge in [0.15, 0.2) is 0 Å². The van der Waals surface area contributed by atoms with E-state index in [-0.39, 0.29) is 0 Å². The highest BCUT2D eigenvalue weighted by Crippen LogP contribution is 2.11. The molecule has 0 fully saturated rings. The van der Waals surface area contributed by atoms with Gasteiger partial charge in [-0.05, 0) is 6.42 Å². The number of ether oxygens (including phenoxy) is 1. The third-order valence-corrected chi connectivity index (χ3v) is 1.55. The van der Waals surface area contributed by atoms with Crippen LogP contribution in [0.2, 0.25) is 0 Å². The maximum Gasteiger partial charge on any atom is 0.214 e. The normalized spacial score (nSPS) is 18.9. The molecule has 0 atom stereocenters. The smallest absolute Gasteiger partial charge is 0.214 e. The predicted octanol–water partition coefficient (Wildman–Crippen LogP) is 0.903. The van der Waals surface area contributed by atoms with Crippen molar-refractivity contribution in [2.24, 2.45) is 0 Å². The number of hydrogen-bond donors (Lipinski definition) is 0. The molecule has 1 amide bonds. The summed E-state index contributed by atoms with van der Waals surface area (Å²) in [4.78, 5) is 11.7. The summed E-state index contributed by atoms with van der Waals surface area (Å²) >= 11 is 5.62. The average Bonchev–Trinajstić information content (AvgIpc) is 2.13. The number of nitrogens with zero attached hydrogens (tertiary/aromatic N) is 1. The van der Waals surface area contributed by atoms with Gasteiger partial charge < -0.3 is 9.64 Å². The first kappa shape index (κ1) is 7.41. The average molecular weight is 162 g/mol. The van der Waals surface area contributed by atoms with Crippen molar-refractivity contribution in [3.05, 3.63) is 11.4 Å². The molecular formula is C6H8ClNO2. The molecule has 1 rings (SSSR count). The van der Waals surface area contributed by atoms with Crippen molar-refractivity contribution in [1.82, 2.24) is 4.90 Å². The van der Waals surface area contributed by atoms with E-state index in [4.69, 9.17) is 16.3 Å². The minimum absolute atomic E-state index is 0.354. The van der Waals surface area contributed by atoms with Crippen LogP contribution in [0.15, 0.2) is 11.4 Å². The van der Waals surface area contributed by atoms with Gasteiger partial charge >= 0.3 is 0 Å². The minimum Gasteiger partial charge on any atom is -0.498 e. The standard InChI is InChI=1S/C6H8ClNO2/c7-6-4-10-3-1-2-8(6)5-9/h4-5H,1-3H2. The van der Waals surface area contributed by atoms with Crippen molar-refractivity contribution in [2.75, 3.05) is 13.2 Å². The lowest BCUT2D eigenvalue weighted by molar-refractivity contribution is -0.116. The summed E-state index contributed by atoms with van der Waals surface area (Å²) in [5.41, 5.74) is 0. The Kier molecular flexibility index (Phi) is 2.57. The Morgan fingerprint density at radius 1 is 1.80 bits per heavy atom. The monoisotopic (exact) mass is 161 g/mol. The zero-order valence-corrected chi connectivity index (χ0v) is 6.17. The Balaban J connectivity index is 2.60. The molecule has 3 nitrogen and oxygen atoms in total. The number of rotatable bonds is 1. The molecule has 0 saturated carbocycles. The number of hydrogen-bond acceptors (Lipinski definition) is 2. The third kappa shape index (κ3) is 1.64. The van der Waals surface area contributed by atoms with Crippen LogP contribution < -0.4 is 0 Å². The molecule has 56 valence electrons. The van der Waals surface area contributed by atoms with Gasteiger partial charge in [0.05, 0.1) is 6.61 Å². The van der Waals surface area contributed by atoms with E-state index in [0.29, 0.717) is 24.7 Å². The molecule has 1 aliphatic rings. The van der Waals surface area contributed by atoms with Gasteiger partial charge in [0.1, 0.15) is 11.4 Å². The summed E-state index contributed by atoms with van der Waals surface area (Å²) in [6, 6.07) is 0. The maximum atomic E-state index is 10.3. The number of amides is 1. The second kappa shape index (κ2) is 3.46. The van der Waals surface area contributed by atoms with E-state index in [1.54, 1.807) is 0 Å². The van der Waals surface area contributed by atoms with Crippen molar-refractivity contribution >= 4 is 18.0 Å². The minimum atomic E-state index is 0.354. The molecule has 4 heteroatoms. The first-order valence-electron chi connectivity index (χ1n) is 3.04. The van der Waals surface area contributed by atoms with Crippen LogP contribution in [0.3, 0.4) is 0 Å². The van der Waals surface area contributed by atoms with Gasteiger partial charge in [-0.3, -0.25) is 4.79 Å². The van der Waals surface area contributed by atoms with Crippen LogP contribution in [0.25, 0.3) is 0 Å². The topological polar surface area (TPSA) is 29.5 Å². The summed E-state index contributed by atoms with van der Waals surface area (Å²) in [7, 11) is 0. The molecule has 0 aromatic rings. The van der Waals surface area contributed by atoms with E-state index < -0.39 is 0 Å². The van der Waals surface area contributed by atoms with E-state index in [0.717, 1.165) is 6.42 Å². The quantitative estimate of drug-likeness (QED) is 0.423. The van der Waals surface area contributed by atoms with Crippen LogP contribution in [0, 0.1) is 0 Å². The van der Waals surface area contributed by atoms with Gasteiger partial charge in [-0.1, -0.05) is 11.6 Å². The van der Waals surface area contributed by atoms with E-state index in [1.165, 1.54) is 11.2 Å². The highest BCUT2D eigenvalue weighted by molar-refractivity contribution is 6.29. The summed E-state index contributed by atoms with van der Waals surface area (Å²) < 4.78 is 4.94. The molecule has 10 heavy (non-hydrogen) atoms. The summed E-state index contributed by atoms with van der Waals surface area (Å²) in [5.74, 6) is 0. The lowest BCUT2D eigenvalue weighted by atomic mass is 10.4. The Morgan fingerprint density at radius 3 is 3.30 bits per heavy atom. The van der Waals surface area contributed by atoms with Gasteiger partial charge in [-0.25, -0.2) is 0 Å². The Hall–Kier alpha value is -0.700. The lowest BCUT2D eigenvalue weighted by Crippen LogP contribution is -2.18. The number of halogens is 1. The molecule has 0 radical (unpaired) electrons. The molecular weight excluding hydrogens is 154 g/mol. The van der Waals surface area contributed by atoms with Crippen molar-refractivity contribution in [2.45, 2.75) is 6.42 Å². The fourth-order valence-corrected chi connectivity index (χ4v) is 0.911. The molecule has 0 bridgehead atoms. The molecule has 1 aliphatic heterocycles. The fourth-order valence-electron chi connectivity index (χ4n) is 0.723. The van der Waals surface area contributed by atoms with Crippen molar-refractivity contribution in [3.8, 4) is 0 Å². The van der Waals surface area contributed by atoms with E-state index in [2.05, 4.69) is 0 Å². The number of carbonyl (C=O) groups excluding carboxylic acids is 1. The zero-order valence-electron chi connectivity index (χ0n) is 5.42. The van der Waals surface area contributed by atoms with Gasteiger partial charge in [0, 0.05) is 6.54 Å². The second-order valence-electron chi connectivity index (χ2n) is 1.96. The van der Waals surface area contributed by atoms with E-state index in [1.807, 2.05) is 0 Å². The highest BCUT2D eigenvalue weighted by atomic mass is 35.5. The third-order valence-electron chi connectivity index (χ3n) is 1.24. The Morgan fingerprint density at radius 2 is 2.60 bits per heavy atom. The first-order valence-corrected chi connectivity index (χ1v) is 3.41. The molecule has 1 heterocycles. The van der Waals surface area contributed by atoms with Crippen LogP contribution in [-0.4, -0.2) is 24.5 Å². The van der Waals surface area contributed by atoms with E-state index >= 15 is 0 Å².